The molecule has 25 heavy (non-hydrogen) atoms. The minimum Gasteiger partial charge on any atom is -0.320 e. The molecule has 1 aliphatic heterocycles. The summed E-state index contributed by atoms with van der Waals surface area (Å²) in [5, 5.41) is 2.09. The summed E-state index contributed by atoms with van der Waals surface area (Å²) in [6.07, 6.45) is 4.35. The lowest BCUT2D eigenvalue weighted by atomic mass is 9.88. The molecule has 0 amide bonds. The van der Waals surface area contributed by atoms with Crippen LogP contribution < -0.4 is 0 Å². The molecule has 0 fully saturated rings. The van der Waals surface area contributed by atoms with Gasteiger partial charge in [0.1, 0.15) is 0 Å². The molecule has 0 unspecified atom stereocenters. The van der Waals surface area contributed by atoms with Gasteiger partial charge in [-0.2, -0.15) is 0 Å². The van der Waals surface area contributed by atoms with Gasteiger partial charge in [-0.25, -0.2) is 0 Å². The fourth-order valence-corrected chi connectivity index (χ4v) is 4.30. The normalized spacial score (nSPS) is 18.3. The summed E-state index contributed by atoms with van der Waals surface area (Å²) in [7, 11) is 2.19. The second-order valence-corrected chi connectivity index (χ2v) is 7.66. The minimum atomic E-state index is 0.807. The van der Waals surface area contributed by atoms with E-state index in [1.807, 2.05) is 6.07 Å². The van der Waals surface area contributed by atoms with Crippen LogP contribution in [0.15, 0.2) is 30.3 Å². The molecule has 2 aromatic heterocycles. The van der Waals surface area contributed by atoms with Crippen LogP contribution in [0.4, 0.5) is 0 Å². The number of hydrogen-bond donors (Lipinski definition) is 0. The molecule has 0 atom stereocenters. The number of benzene rings is 1. The van der Waals surface area contributed by atoms with E-state index in [4.69, 9.17) is 11.6 Å². The molecule has 3 heterocycles. The molecule has 4 heteroatoms. The average molecular weight is 350 g/mol. The van der Waals surface area contributed by atoms with Gasteiger partial charge in [-0.15, -0.1) is 0 Å². The molecule has 0 spiro atoms. The zero-order valence-corrected chi connectivity index (χ0v) is 15.3. The average Bonchev–Trinajstić information content (AvgIpc) is 2.86. The molecular weight excluding hydrogens is 330 g/mol. The fraction of sp³-hybridized carbons (Fsp3) is 0.286. The molecule has 0 N–H and O–H groups in total. The topological polar surface area (TPSA) is 21.1 Å². The first kappa shape index (κ1) is 15.2. The second-order valence-electron chi connectivity index (χ2n) is 7.22. The van der Waals surface area contributed by atoms with Crippen molar-refractivity contribution in [1.82, 2.24) is 14.5 Å². The number of allylic oxidation sites excluding steroid dienone is 1. The summed E-state index contributed by atoms with van der Waals surface area (Å²) in [6, 6.07) is 10.6. The number of rotatable bonds is 1. The van der Waals surface area contributed by atoms with Crippen molar-refractivity contribution < 1.29 is 0 Å². The first-order valence-corrected chi connectivity index (χ1v) is 9.15. The summed E-state index contributed by atoms with van der Waals surface area (Å²) >= 11 is 6.29. The van der Waals surface area contributed by atoms with Crippen LogP contribution >= 0.6 is 11.6 Å². The second kappa shape index (κ2) is 5.45. The molecule has 0 bridgehead atoms. The summed E-state index contributed by atoms with van der Waals surface area (Å²) in [5.41, 5.74) is 9.09. The Labute approximate surface area is 152 Å². The highest BCUT2D eigenvalue weighted by Gasteiger charge is 2.25. The summed E-state index contributed by atoms with van der Waals surface area (Å²) in [4.78, 5) is 7.02. The van der Waals surface area contributed by atoms with Crippen LogP contribution in [0.5, 0.6) is 0 Å². The molecule has 3 nitrogen and oxygen atoms in total. The van der Waals surface area contributed by atoms with Gasteiger partial charge in [0.15, 0.2) is 0 Å². The van der Waals surface area contributed by atoms with E-state index in [0.717, 1.165) is 36.6 Å². The Morgan fingerprint density at radius 1 is 1.20 bits per heavy atom. The van der Waals surface area contributed by atoms with E-state index in [-0.39, 0.29) is 0 Å². The van der Waals surface area contributed by atoms with Crippen LogP contribution in [0.25, 0.3) is 22.7 Å². The van der Waals surface area contributed by atoms with Gasteiger partial charge >= 0.3 is 0 Å². The maximum Gasteiger partial charge on any atom is 0.0529 e. The van der Waals surface area contributed by atoms with Gasteiger partial charge in [-0.1, -0.05) is 17.7 Å². The first-order chi connectivity index (χ1) is 12.1. The number of halogens is 1. The third-order valence-electron chi connectivity index (χ3n) is 5.44. The Kier molecular flexibility index (Phi) is 3.31. The van der Waals surface area contributed by atoms with Gasteiger partial charge < -0.3 is 9.47 Å². The predicted octanol–water partition coefficient (Wildman–Crippen LogP) is 4.54. The maximum atomic E-state index is 6.29. The van der Waals surface area contributed by atoms with Gasteiger partial charge in [0.25, 0.3) is 0 Å². The van der Waals surface area contributed by atoms with Crippen molar-refractivity contribution >= 4 is 34.3 Å². The van der Waals surface area contributed by atoms with E-state index in [9.17, 15) is 0 Å². The van der Waals surface area contributed by atoms with Gasteiger partial charge in [0.05, 0.1) is 11.2 Å². The lowest BCUT2D eigenvalue weighted by Crippen LogP contribution is -2.27. The molecule has 0 saturated carbocycles. The smallest absolute Gasteiger partial charge is 0.0529 e. The van der Waals surface area contributed by atoms with Crippen LogP contribution in [0.3, 0.4) is 0 Å². The third kappa shape index (κ3) is 2.34. The minimum absolute atomic E-state index is 0.807. The van der Waals surface area contributed by atoms with Crippen molar-refractivity contribution in [2.75, 3.05) is 13.6 Å². The number of hydrogen-bond acceptors (Lipinski definition) is 2. The van der Waals surface area contributed by atoms with Crippen molar-refractivity contribution in [1.29, 1.82) is 0 Å². The fourth-order valence-electron chi connectivity index (χ4n) is 4.12. The number of likely N-dealkylation sites (N-methyl/N-ethyl adjacent to an activating group) is 1. The molecule has 1 aromatic carbocycles. The van der Waals surface area contributed by atoms with Gasteiger partial charge in [0, 0.05) is 59.5 Å². The number of nitrogens with zero attached hydrogens (tertiary/aromatic N) is 3. The zero-order chi connectivity index (χ0) is 17.1. The van der Waals surface area contributed by atoms with E-state index in [2.05, 4.69) is 58.9 Å². The number of pyridine rings is 1. The van der Waals surface area contributed by atoms with Gasteiger partial charge in [0.2, 0.25) is 0 Å². The van der Waals surface area contributed by atoms with Crippen molar-refractivity contribution in [2.24, 2.45) is 0 Å². The first-order valence-electron chi connectivity index (χ1n) is 8.77. The molecular formula is C21H20ClN3. The number of fused-ring (bicyclic) bond motifs is 4. The highest BCUT2D eigenvalue weighted by atomic mass is 35.5. The SMILES string of the molecule is Cc1ccc2c(n1)CC2=Cn1c2c(c3cc(Cl)ccc31)CN(C)CC2. The van der Waals surface area contributed by atoms with Gasteiger partial charge in [-0.3, -0.25) is 4.98 Å². The van der Waals surface area contributed by atoms with E-state index in [0.29, 0.717) is 0 Å². The molecule has 0 saturated heterocycles. The van der Waals surface area contributed by atoms with E-state index in [1.165, 1.54) is 39.0 Å². The van der Waals surface area contributed by atoms with E-state index >= 15 is 0 Å². The Balaban J connectivity index is 1.69. The van der Waals surface area contributed by atoms with E-state index < -0.39 is 0 Å². The number of aryl methyl sites for hydroxylation is 1. The highest BCUT2D eigenvalue weighted by Crippen LogP contribution is 2.37. The Morgan fingerprint density at radius 2 is 2.08 bits per heavy atom. The van der Waals surface area contributed by atoms with Crippen LogP contribution in [-0.4, -0.2) is 28.0 Å². The lowest BCUT2D eigenvalue weighted by molar-refractivity contribution is 0.312. The summed E-state index contributed by atoms with van der Waals surface area (Å²) in [6.45, 7) is 4.13. The molecule has 1 aliphatic carbocycles. The molecule has 5 rings (SSSR count). The third-order valence-corrected chi connectivity index (χ3v) is 5.68. The highest BCUT2D eigenvalue weighted by molar-refractivity contribution is 6.31. The van der Waals surface area contributed by atoms with Crippen molar-refractivity contribution in [3.63, 3.8) is 0 Å². The zero-order valence-electron chi connectivity index (χ0n) is 14.5. The quantitative estimate of drug-likeness (QED) is 0.643. The maximum absolute atomic E-state index is 6.29. The van der Waals surface area contributed by atoms with E-state index in [1.54, 1.807) is 0 Å². The Hall–Kier alpha value is -2.10. The summed E-state index contributed by atoms with van der Waals surface area (Å²) in [5.74, 6) is 0. The lowest BCUT2D eigenvalue weighted by Gasteiger charge is -2.25. The monoisotopic (exact) mass is 349 g/mol. The van der Waals surface area contributed by atoms with Crippen molar-refractivity contribution in [3.8, 4) is 0 Å². The Morgan fingerprint density at radius 3 is 2.92 bits per heavy atom. The molecule has 126 valence electrons. The van der Waals surface area contributed by atoms with Crippen molar-refractivity contribution in [3.05, 3.63) is 63.6 Å². The van der Waals surface area contributed by atoms with Crippen LogP contribution in [0.1, 0.15) is 28.2 Å². The largest absolute Gasteiger partial charge is 0.320 e. The Bertz CT molecular complexity index is 1040. The molecule has 0 radical (unpaired) electrons. The summed E-state index contributed by atoms with van der Waals surface area (Å²) < 4.78 is 2.39. The van der Waals surface area contributed by atoms with Crippen molar-refractivity contribution in [2.45, 2.75) is 26.3 Å². The standard InChI is InChI=1S/C21H20ClN3/c1-13-3-5-16-14(9-19(16)23-13)11-25-20-6-4-15(22)10-17(20)18-12-24(2)8-7-21(18)25/h3-6,10-11H,7-9,12H2,1-2H3. The van der Waals surface area contributed by atoms with Gasteiger partial charge in [-0.05, 0) is 49.4 Å². The molecule has 2 aliphatic rings. The van der Waals surface area contributed by atoms with Crippen LogP contribution in [-0.2, 0) is 19.4 Å². The number of aromatic nitrogens is 2. The van der Waals surface area contributed by atoms with Crippen LogP contribution in [0.2, 0.25) is 5.02 Å². The van der Waals surface area contributed by atoms with Crippen LogP contribution in [0, 0.1) is 6.92 Å². The molecule has 3 aromatic rings. The predicted molar refractivity (Wildman–Crippen MR) is 104 cm³/mol.